The summed E-state index contributed by atoms with van der Waals surface area (Å²) < 4.78 is 0. The first-order chi connectivity index (χ1) is 7.77. The van der Waals surface area contributed by atoms with Gasteiger partial charge in [-0.15, -0.1) is 0 Å². The molecule has 1 aliphatic heterocycles. The van der Waals surface area contributed by atoms with Crippen molar-refractivity contribution in [3.8, 4) is 0 Å². The summed E-state index contributed by atoms with van der Waals surface area (Å²) in [5, 5.41) is 0. The lowest BCUT2D eigenvalue weighted by Crippen LogP contribution is -2.25. The number of aromatic nitrogens is 1. The Morgan fingerprint density at radius 2 is 2.25 bits per heavy atom. The normalized spacial score (nSPS) is 16.9. The molecule has 0 aliphatic carbocycles. The minimum Gasteiger partial charge on any atom is -0.388 e. The van der Waals surface area contributed by atoms with Crippen LogP contribution in [0.25, 0.3) is 0 Å². The van der Waals surface area contributed by atoms with E-state index in [0.717, 1.165) is 13.1 Å². The summed E-state index contributed by atoms with van der Waals surface area (Å²) in [6.07, 6.45) is 3.10. The van der Waals surface area contributed by atoms with E-state index in [2.05, 4.69) is 16.0 Å². The second-order valence-corrected chi connectivity index (χ2v) is 5.38. The van der Waals surface area contributed by atoms with Crippen molar-refractivity contribution in [2.24, 2.45) is 5.73 Å². The Kier molecular flexibility index (Phi) is 4.01. The zero-order valence-corrected chi connectivity index (χ0v) is 10.7. The number of hydrogen-bond acceptors (Lipinski definition) is 4. The molecule has 1 fully saturated rings. The number of rotatable bonds is 2. The summed E-state index contributed by atoms with van der Waals surface area (Å²) in [4.78, 5) is 7.00. The molecule has 5 heteroatoms. The van der Waals surface area contributed by atoms with E-state index in [1.165, 1.54) is 23.6 Å². The minimum atomic E-state index is 0.359. The molecule has 3 nitrogen and oxygen atoms in total. The molecule has 0 atom stereocenters. The number of anilines is 1. The van der Waals surface area contributed by atoms with Crippen molar-refractivity contribution < 1.29 is 0 Å². The van der Waals surface area contributed by atoms with Crippen molar-refractivity contribution in [2.45, 2.75) is 6.42 Å². The molecule has 0 spiro atoms. The number of thiocarbonyl (C=S) groups is 1. The quantitative estimate of drug-likeness (QED) is 0.812. The van der Waals surface area contributed by atoms with Crippen LogP contribution in [0.15, 0.2) is 18.3 Å². The number of nitrogens with two attached hydrogens (primary N) is 1. The lowest BCUT2D eigenvalue weighted by molar-refractivity contribution is 0.813. The Morgan fingerprint density at radius 1 is 1.38 bits per heavy atom. The van der Waals surface area contributed by atoms with Gasteiger partial charge in [-0.2, -0.15) is 11.8 Å². The van der Waals surface area contributed by atoms with Crippen LogP contribution in [0.2, 0.25) is 0 Å². The zero-order valence-electron chi connectivity index (χ0n) is 9.06. The van der Waals surface area contributed by atoms with Crippen LogP contribution in [0.5, 0.6) is 0 Å². The van der Waals surface area contributed by atoms with Crippen LogP contribution in [0, 0.1) is 0 Å². The zero-order chi connectivity index (χ0) is 11.4. The first-order valence-corrected chi connectivity index (χ1v) is 6.92. The third-order valence-electron chi connectivity index (χ3n) is 2.59. The maximum Gasteiger partial charge on any atom is 0.122 e. The van der Waals surface area contributed by atoms with Gasteiger partial charge in [0.15, 0.2) is 0 Å². The van der Waals surface area contributed by atoms with Crippen molar-refractivity contribution in [3.63, 3.8) is 0 Å². The Balaban J connectivity index is 2.10. The highest BCUT2D eigenvalue weighted by atomic mass is 32.2. The number of thioether (sulfide) groups is 1. The molecule has 0 aromatic carbocycles. The van der Waals surface area contributed by atoms with Gasteiger partial charge in [0.25, 0.3) is 0 Å². The Morgan fingerprint density at radius 3 is 2.94 bits per heavy atom. The fourth-order valence-corrected chi connectivity index (χ4v) is 2.73. The van der Waals surface area contributed by atoms with E-state index < -0.39 is 0 Å². The molecule has 1 aromatic heterocycles. The van der Waals surface area contributed by atoms with Crippen molar-refractivity contribution in [1.82, 2.24) is 4.98 Å². The highest BCUT2D eigenvalue weighted by Gasteiger charge is 2.10. The largest absolute Gasteiger partial charge is 0.388 e. The first kappa shape index (κ1) is 11.7. The van der Waals surface area contributed by atoms with Gasteiger partial charge in [-0.05, 0) is 24.3 Å². The second-order valence-electron chi connectivity index (χ2n) is 3.72. The van der Waals surface area contributed by atoms with Gasteiger partial charge in [0.05, 0.1) is 17.6 Å². The van der Waals surface area contributed by atoms with E-state index in [4.69, 9.17) is 18.0 Å². The van der Waals surface area contributed by atoms with Crippen molar-refractivity contribution in [3.05, 3.63) is 24.0 Å². The van der Waals surface area contributed by atoms with E-state index in [1.54, 1.807) is 0 Å². The first-order valence-electron chi connectivity index (χ1n) is 5.36. The SMILES string of the molecule is NC(=S)c1ccc(N2CCCSCC2)cn1. The van der Waals surface area contributed by atoms with Crippen LogP contribution in [0.4, 0.5) is 5.69 Å². The fourth-order valence-electron chi connectivity index (χ4n) is 1.72. The topological polar surface area (TPSA) is 42.1 Å². The molecule has 1 saturated heterocycles. The monoisotopic (exact) mass is 253 g/mol. The van der Waals surface area contributed by atoms with E-state index in [-0.39, 0.29) is 0 Å². The van der Waals surface area contributed by atoms with Crippen molar-refractivity contribution in [2.75, 3.05) is 29.5 Å². The van der Waals surface area contributed by atoms with Crippen molar-refractivity contribution in [1.29, 1.82) is 0 Å². The molecule has 0 saturated carbocycles. The predicted molar refractivity (Wildman–Crippen MR) is 74.3 cm³/mol. The Bertz CT molecular complexity index is 356. The van der Waals surface area contributed by atoms with Crippen LogP contribution in [-0.4, -0.2) is 34.6 Å². The van der Waals surface area contributed by atoms with Gasteiger partial charge in [0.2, 0.25) is 0 Å². The molecular weight excluding hydrogens is 238 g/mol. The molecular formula is C11H15N3S2. The maximum atomic E-state index is 5.52. The smallest absolute Gasteiger partial charge is 0.122 e. The standard InChI is InChI=1S/C11H15N3S2/c12-11(15)10-3-2-9(8-13-10)14-4-1-6-16-7-5-14/h2-3,8H,1,4-7H2,(H2,12,15). The van der Waals surface area contributed by atoms with Gasteiger partial charge >= 0.3 is 0 Å². The summed E-state index contributed by atoms with van der Waals surface area (Å²) in [5.74, 6) is 2.45. The molecule has 86 valence electrons. The molecule has 2 heterocycles. The molecule has 16 heavy (non-hydrogen) atoms. The third-order valence-corrected chi connectivity index (χ3v) is 3.85. The molecule has 0 bridgehead atoms. The Labute approximate surface area is 105 Å². The molecule has 1 aromatic rings. The fraction of sp³-hybridized carbons (Fsp3) is 0.455. The summed E-state index contributed by atoms with van der Waals surface area (Å²) in [7, 11) is 0. The summed E-state index contributed by atoms with van der Waals surface area (Å²) >= 11 is 6.90. The summed E-state index contributed by atoms with van der Waals surface area (Å²) in [6.45, 7) is 2.21. The number of hydrogen-bond donors (Lipinski definition) is 1. The highest BCUT2D eigenvalue weighted by Crippen LogP contribution is 2.18. The third kappa shape index (κ3) is 2.86. The van der Waals surface area contributed by atoms with Gasteiger partial charge in [-0.25, -0.2) is 0 Å². The molecule has 1 aliphatic rings. The lowest BCUT2D eigenvalue weighted by Gasteiger charge is -2.21. The molecule has 2 N–H and O–H groups in total. The van der Waals surface area contributed by atoms with Gasteiger partial charge < -0.3 is 10.6 Å². The van der Waals surface area contributed by atoms with Crippen LogP contribution < -0.4 is 10.6 Å². The van der Waals surface area contributed by atoms with Crippen molar-refractivity contribution >= 4 is 34.7 Å². The minimum absolute atomic E-state index is 0.359. The van der Waals surface area contributed by atoms with Crippen LogP contribution in [0.1, 0.15) is 12.1 Å². The second kappa shape index (κ2) is 5.50. The lowest BCUT2D eigenvalue weighted by atomic mass is 10.3. The molecule has 0 unspecified atom stereocenters. The van der Waals surface area contributed by atoms with Crippen LogP contribution >= 0.6 is 24.0 Å². The summed E-state index contributed by atoms with van der Waals surface area (Å²) in [6, 6.07) is 3.95. The van der Waals surface area contributed by atoms with Gasteiger partial charge in [-0.1, -0.05) is 12.2 Å². The Hall–Kier alpha value is -0.810. The van der Waals surface area contributed by atoms with Crippen LogP contribution in [0.3, 0.4) is 0 Å². The average molecular weight is 253 g/mol. The average Bonchev–Trinajstić information content (AvgIpc) is 2.57. The number of nitrogens with zero attached hydrogens (tertiary/aromatic N) is 2. The van der Waals surface area contributed by atoms with Gasteiger partial charge in [0.1, 0.15) is 4.99 Å². The number of pyridine rings is 1. The summed E-state index contributed by atoms with van der Waals surface area (Å²) in [5.41, 5.74) is 7.39. The van der Waals surface area contributed by atoms with E-state index in [9.17, 15) is 0 Å². The van der Waals surface area contributed by atoms with Gasteiger partial charge in [0, 0.05) is 18.8 Å². The molecule has 0 radical (unpaired) electrons. The van der Waals surface area contributed by atoms with E-state index in [1.807, 2.05) is 24.0 Å². The van der Waals surface area contributed by atoms with E-state index >= 15 is 0 Å². The predicted octanol–water partition coefficient (Wildman–Crippen LogP) is 1.66. The molecule has 2 rings (SSSR count). The van der Waals surface area contributed by atoms with Crippen LogP contribution in [-0.2, 0) is 0 Å². The van der Waals surface area contributed by atoms with Gasteiger partial charge in [-0.3, -0.25) is 4.98 Å². The van der Waals surface area contributed by atoms with E-state index in [0.29, 0.717) is 10.7 Å². The maximum absolute atomic E-state index is 5.52. The molecule has 0 amide bonds. The highest BCUT2D eigenvalue weighted by molar-refractivity contribution is 7.99.